The Morgan fingerprint density at radius 2 is 1.90 bits per heavy atom. The Morgan fingerprint density at radius 1 is 1.17 bits per heavy atom. The zero-order valence-corrected chi connectivity index (χ0v) is 16.6. The number of morpholine rings is 1. The number of furan rings is 1. The first-order valence-corrected chi connectivity index (χ1v) is 9.67. The summed E-state index contributed by atoms with van der Waals surface area (Å²) in [4.78, 5) is 14.4. The first kappa shape index (κ1) is 19.3. The van der Waals surface area contributed by atoms with Gasteiger partial charge in [0, 0.05) is 11.1 Å². The number of quaternary nitrogens is 1. The van der Waals surface area contributed by atoms with E-state index in [4.69, 9.17) is 13.9 Å². The number of aromatic hydroxyl groups is 1. The molecule has 0 saturated carbocycles. The molecule has 7 nitrogen and oxygen atoms in total. The topological polar surface area (TPSA) is 85.4 Å². The second-order valence-electron chi connectivity index (χ2n) is 7.19. The molecule has 0 spiro atoms. The van der Waals surface area contributed by atoms with Gasteiger partial charge in [0.2, 0.25) is 0 Å². The minimum atomic E-state index is -0.268. The maximum absolute atomic E-state index is 13.1. The third kappa shape index (κ3) is 3.92. The Kier molecular flexibility index (Phi) is 5.42. The van der Waals surface area contributed by atoms with Crippen LogP contribution in [0.3, 0.4) is 0 Å². The van der Waals surface area contributed by atoms with Gasteiger partial charge >= 0.3 is 0 Å². The summed E-state index contributed by atoms with van der Waals surface area (Å²) >= 11 is 0. The third-order valence-corrected chi connectivity index (χ3v) is 5.32. The third-order valence-electron chi connectivity index (χ3n) is 5.32. The first-order valence-electron chi connectivity index (χ1n) is 9.67. The number of phenolic OH excluding ortho intramolecular Hbond substituents is 1. The SMILES string of the molecule is COc1ccc(NC(=O)c2c(C)oc3ccc(O)c(C[NH+]4CCOCC4)c23)cc1. The number of aryl methyl sites for hydroxylation is 1. The number of carbonyl (C=O) groups excluding carboxylic acids is 1. The van der Waals surface area contributed by atoms with Crippen LogP contribution in [-0.4, -0.2) is 44.4 Å². The Labute approximate surface area is 168 Å². The second-order valence-corrected chi connectivity index (χ2v) is 7.19. The van der Waals surface area contributed by atoms with Crippen molar-refractivity contribution in [3.8, 4) is 11.5 Å². The summed E-state index contributed by atoms with van der Waals surface area (Å²) in [5.41, 5.74) is 2.44. The van der Waals surface area contributed by atoms with E-state index in [1.165, 1.54) is 4.90 Å². The Bertz CT molecular complexity index is 1020. The molecule has 1 aliphatic heterocycles. The van der Waals surface area contributed by atoms with Crippen LogP contribution in [0.4, 0.5) is 5.69 Å². The van der Waals surface area contributed by atoms with Gasteiger partial charge in [-0.15, -0.1) is 0 Å². The molecule has 2 aromatic carbocycles. The lowest BCUT2D eigenvalue weighted by Gasteiger charge is -2.24. The number of hydrogen-bond acceptors (Lipinski definition) is 5. The van der Waals surface area contributed by atoms with Crippen LogP contribution in [0.25, 0.3) is 11.0 Å². The van der Waals surface area contributed by atoms with Gasteiger partial charge in [0.15, 0.2) is 0 Å². The van der Waals surface area contributed by atoms with E-state index in [1.807, 2.05) is 0 Å². The molecule has 0 bridgehead atoms. The highest BCUT2D eigenvalue weighted by Crippen LogP contribution is 2.34. The lowest BCUT2D eigenvalue weighted by Crippen LogP contribution is -3.12. The lowest BCUT2D eigenvalue weighted by atomic mass is 10.0. The van der Waals surface area contributed by atoms with Crippen LogP contribution in [0, 0.1) is 6.92 Å². The molecule has 2 heterocycles. The second kappa shape index (κ2) is 8.14. The fourth-order valence-corrected chi connectivity index (χ4v) is 3.77. The molecule has 29 heavy (non-hydrogen) atoms. The number of methoxy groups -OCH3 is 1. The fraction of sp³-hybridized carbons (Fsp3) is 0.318. The number of anilines is 1. The standard InChI is InChI=1S/C22H24N2O5/c1-14-20(22(26)23-15-3-5-16(27-2)6-4-15)21-17(13-24-9-11-28-12-10-24)18(25)7-8-19(21)29-14/h3-8,25H,9-13H2,1-2H3,(H,23,26)/p+1. The average Bonchev–Trinajstić information content (AvgIpc) is 3.08. The molecular formula is C22H25N2O5+. The molecule has 3 aromatic rings. The van der Waals surface area contributed by atoms with E-state index in [0.29, 0.717) is 53.5 Å². The predicted molar refractivity (Wildman–Crippen MR) is 109 cm³/mol. The number of rotatable bonds is 5. The number of hydrogen-bond donors (Lipinski definition) is 3. The van der Waals surface area contributed by atoms with Gasteiger partial charge < -0.3 is 29.2 Å². The van der Waals surface area contributed by atoms with Crippen molar-refractivity contribution in [3.63, 3.8) is 0 Å². The summed E-state index contributed by atoms with van der Waals surface area (Å²) in [6.45, 7) is 5.49. The molecule has 3 N–H and O–H groups in total. The van der Waals surface area contributed by atoms with Crippen molar-refractivity contribution in [2.75, 3.05) is 38.7 Å². The van der Waals surface area contributed by atoms with Crippen LogP contribution in [0.5, 0.6) is 11.5 Å². The van der Waals surface area contributed by atoms with Crippen molar-refractivity contribution in [1.29, 1.82) is 0 Å². The van der Waals surface area contributed by atoms with Crippen LogP contribution in [-0.2, 0) is 11.3 Å². The fourth-order valence-electron chi connectivity index (χ4n) is 3.77. The Balaban J connectivity index is 1.69. The molecule has 1 fully saturated rings. The zero-order chi connectivity index (χ0) is 20.4. The number of phenols is 1. The van der Waals surface area contributed by atoms with E-state index in [0.717, 1.165) is 18.7 Å². The highest BCUT2D eigenvalue weighted by Gasteiger charge is 2.26. The summed E-state index contributed by atoms with van der Waals surface area (Å²) in [6, 6.07) is 10.5. The number of amides is 1. The van der Waals surface area contributed by atoms with Crippen LogP contribution in [0.1, 0.15) is 21.7 Å². The maximum atomic E-state index is 13.1. The van der Waals surface area contributed by atoms with Gasteiger partial charge in [-0.3, -0.25) is 4.79 Å². The molecule has 1 aliphatic rings. The molecule has 0 unspecified atom stereocenters. The molecule has 0 aliphatic carbocycles. The van der Waals surface area contributed by atoms with Gasteiger partial charge in [-0.2, -0.15) is 0 Å². The highest BCUT2D eigenvalue weighted by atomic mass is 16.5. The number of nitrogens with one attached hydrogen (secondary N) is 2. The van der Waals surface area contributed by atoms with Crippen molar-refractivity contribution < 1.29 is 28.7 Å². The summed E-state index contributed by atoms with van der Waals surface area (Å²) in [5.74, 6) is 1.15. The van der Waals surface area contributed by atoms with Gasteiger partial charge in [-0.25, -0.2) is 0 Å². The smallest absolute Gasteiger partial charge is 0.259 e. The van der Waals surface area contributed by atoms with Crippen molar-refractivity contribution in [1.82, 2.24) is 0 Å². The molecule has 1 aromatic heterocycles. The Hall–Kier alpha value is -3.03. The molecule has 152 valence electrons. The molecule has 4 rings (SSSR count). The molecule has 0 atom stereocenters. The first-order chi connectivity index (χ1) is 14.1. The summed E-state index contributed by atoms with van der Waals surface area (Å²) in [6.07, 6.45) is 0. The average molecular weight is 397 g/mol. The van der Waals surface area contributed by atoms with Gasteiger partial charge in [-0.05, 0) is 43.3 Å². The zero-order valence-electron chi connectivity index (χ0n) is 16.6. The number of ether oxygens (including phenoxy) is 2. The van der Waals surface area contributed by atoms with Crippen molar-refractivity contribution in [3.05, 3.63) is 53.3 Å². The van der Waals surface area contributed by atoms with E-state index >= 15 is 0 Å². The van der Waals surface area contributed by atoms with E-state index in [1.54, 1.807) is 50.4 Å². The van der Waals surface area contributed by atoms with Crippen LogP contribution >= 0.6 is 0 Å². The molecular weight excluding hydrogens is 372 g/mol. The number of carbonyl (C=O) groups is 1. The van der Waals surface area contributed by atoms with E-state index < -0.39 is 0 Å². The largest absolute Gasteiger partial charge is 0.507 e. The lowest BCUT2D eigenvalue weighted by molar-refractivity contribution is -0.921. The van der Waals surface area contributed by atoms with Gasteiger partial charge in [0.25, 0.3) is 5.91 Å². The van der Waals surface area contributed by atoms with Crippen molar-refractivity contribution in [2.24, 2.45) is 0 Å². The molecule has 0 radical (unpaired) electrons. The van der Waals surface area contributed by atoms with Gasteiger partial charge in [-0.1, -0.05) is 0 Å². The summed E-state index contributed by atoms with van der Waals surface area (Å²) < 4.78 is 16.4. The number of benzene rings is 2. The van der Waals surface area contributed by atoms with Gasteiger partial charge in [0.05, 0.1) is 31.5 Å². The number of fused-ring (bicyclic) bond motifs is 1. The van der Waals surface area contributed by atoms with E-state index in [-0.39, 0.29) is 11.7 Å². The monoisotopic (exact) mass is 397 g/mol. The molecule has 7 heteroatoms. The minimum Gasteiger partial charge on any atom is -0.507 e. The normalized spacial score (nSPS) is 14.8. The van der Waals surface area contributed by atoms with Crippen LogP contribution in [0.2, 0.25) is 0 Å². The highest BCUT2D eigenvalue weighted by molar-refractivity contribution is 6.14. The Morgan fingerprint density at radius 3 is 2.59 bits per heavy atom. The van der Waals surface area contributed by atoms with Crippen LogP contribution < -0.4 is 15.0 Å². The maximum Gasteiger partial charge on any atom is 0.259 e. The quantitative estimate of drug-likeness (QED) is 0.614. The summed E-state index contributed by atoms with van der Waals surface area (Å²) in [5, 5.41) is 14.2. The summed E-state index contributed by atoms with van der Waals surface area (Å²) in [7, 11) is 1.60. The molecule has 1 saturated heterocycles. The van der Waals surface area contributed by atoms with Crippen molar-refractivity contribution in [2.45, 2.75) is 13.5 Å². The molecule has 1 amide bonds. The minimum absolute atomic E-state index is 0.177. The van der Waals surface area contributed by atoms with Crippen LogP contribution in [0.15, 0.2) is 40.8 Å². The van der Waals surface area contributed by atoms with Crippen molar-refractivity contribution >= 4 is 22.6 Å². The van der Waals surface area contributed by atoms with Gasteiger partial charge in [0.1, 0.15) is 42.5 Å². The van der Waals surface area contributed by atoms with E-state index in [2.05, 4.69) is 5.32 Å². The van der Waals surface area contributed by atoms with E-state index in [9.17, 15) is 9.90 Å². The predicted octanol–water partition coefficient (Wildman–Crippen LogP) is 2.12.